The molecule has 4 heteroatoms. The minimum Gasteiger partial charge on any atom is -0.233 e. The Hall–Kier alpha value is -2.75. The zero-order valence-electron chi connectivity index (χ0n) is 12.6. The number of hydrogen-bond donors (Lipinski definition) is 0. The summed E-state index contributed by atoms with van der Waals surface area (Å²) in [4.78, 5) is 9.46. The number of hydrogen-bond acceptors (Lipinski definition) is 3. The number of fused-ring (bicyclic) bond motifs is 3. The number of benzene rings is 2. The van der Waals surface area contributed by atoms with Gasteiger partial charge >= 0.3 is 0 Å². The zero-order valence-corrected chi connectivity index (χ0v) is 12.6. The lowest BCUT2D eigenvalue weighted by Gasteiger charge is -2.03. The molecule has 0 fully saturated rings. The first-order chi connectivity index (χ1) is 10.8. The predicted octanol–water partition coefficient (Wildman–Crippen LogP) is 3.82. The first kappa shape index (κ1) is 13.0. The standard InChI is InChI=1S/C18H16N4/c1-3-16-19-15-7-5-4-6-14(15)18-20-17(21-22(16)18)13-10-8-12(2)9-11-13/h4-11H,3H2,1-2H3. The van der Waals surface area contributed by atoms with Gasteiger partial charge in [0.05, 0.1) is 5.52 Å². The molecular formula is C18H16N4. The van der Waals surface area contributed by atoms with Crippen molar-refractivity contribution in [3.63, 3.8) is 0 Å². The summed E-state index contributed by atoms with van der Waals surface area (Å²) >= 11 is 0. The second-order valence-electron chi connectivity index (χ2n) is 5.44. The third-order valence-electron chi connectivity index (χ3n) is 3.87. The fourth-order valence-electron chi connectivity index (χ4n) is 2.67. The molecule has 4 aromatic rings. The summed E-state index contributed by atoms with van der Waals surface area (Å²) in [5.41, 5.74) is 4.10. The highest BCUT2D eigenvalue weighted by atomic mass is 15.3. The van der Waals surface area contributed by atoms with E-state index in [0.717, 1.165) is 40.2 Å². The maximum Gasteiger partial charge on any atom is 0.182 e. The maximum absolute atomic E-state index is 4.76. The minimum atomic E-state index is 0.743. The van der Waals surface area contributed by atoms with Crippen LogP contribution in [0.5, 0.6) is 0 Å². The molecule has 4 nitrogen and oxygen atoms in total. The second kappa shape index (κ2) is 4.91. The summed E-state index contributed by atoms with van der Waals surface area (Å²) in [6.45, 7) is 4.16. The van der Waals surface area contributed by atoms with Gasteiger partial charge in [0.2, 0.25) is 0 Å². The Balaban J connectivity index is 2.03. The van der Waals surface area contributed by atoms with Gasteiger partial charge in [0.25, 0.3) is 0 Å². The van der Waals surface area contributed by atoms with Crippen LogP contribution in [0.25, 0.3) is 27.9 Å². The lowest BCUT2D eigenvalue weighted by Crippen LogP contribution is -2.02. The number of aryl methyl sites for hydroxylation is 2. The largest absolute Gasteiger partial charge is 0.233 e. The molecule has 0 radical (unpaired) electrons. The lowest BCUT2D eigenvalue weighted by molar-refractivity contribution is 0.826. The van der Waals surface area contributed by atoms with E-state index < -0.39 is 0 Å². The van der Waals surface area contributed by atoms with E-state index in [2.05, 4.69) is 43.2 Å². The number of aromatic nitrogens is 4. The molecule has 0 saturated heterocycles. The topological polar surface area (TPSA) is 43.1 Å². The van der Waals surface area contributed by atoms with Crippen LogP contribution in [0.2, 0.25) is 0 Å². The van der Waals surface area contributed by atoms with E-state index in [1.165, 1.54) is 5.56 Å². The molecule has 2 aromatic carbocycles. The van der Waals surface area contributed by atoms with Gasteiger partial charge in [0.15, 0.2) is 11.5 Å². The highest BCUT2D eigenvalue weighted by molar-refractivity contribution is 5.91. The van der Waals surface area contributed by atoms with Crippen molar-refractivity contribution >= 4 is 16.6 Å². The van der Waals surface area contributed by atoms with Crippen LogP contribution in [0.1, 0.15) is 18.3 Å². The zero-order chi connectivity index (χ0) is 15.1. The highest BCUT2D eigenvalue weighted by Gasteiger charge is 2.13. The van der Waals surface area contributed by atoms with Gasteiger partial charge in [-0.25, -0.2) is 9.97 Å². The third kappa shape index (κ3) is 1.96. The summed E-state index contributed by atoms with van der Waals surface area (Å²) in [7, 11) is 0. The predicted molar refractivity (Wildman–Crippen MR) is 87.8 cm³/mol. The maximum atomic E-state index is 4.76. The van der Waals surface area contributed by atoms with E-state index in [4.69, 9.17) is 9.97 Å². The van der Waals surface area contributed by atoms with Gasteiger partial charge in [-0.3, -0.25) is 0 Å². The summed E-state index contributed by atoms with van der Waals surface area (Å²) in [5, 5.41) is 5.71. The van der Waals surface area contributed by atoms with E-state index >= 15 is 0 Å². The van der Waals surface area contributed by atoms with Crippen molar-refractivity contribution in [2.75, 3.05) is 0 Å². The fraction of sp³-hybridized carbons (Fsp3) is 0.167. The van der Waals surface area contributed by atoms with Gasteiger partial charge in [-0.05, 0) is 19.1 Å². The molecule has 22 heavy (non-hydrogen) atoms. The van der Waals surface area contributed by atoms with E-state index in [1.807, 2.05) is 28.8 Å². The van der Waals surface area contributed by atoms with Crippen LogP contribution in [0.4, 0.5) is 0 Å². The molecule has 2 aromatic heterocycles. The van der Waals surface area contributed by atoms with Gasteiger partial charge in [-0.1, -0.05) is 48.9 Å². The Morgan fingerprint density at radius 2 is 1.73 bits per heavy atom. The molecule has 4 rings (SSSR count). The minimum absolute atomic E-state index is 0.743. The highest BCUT2D eigenvalue weighted by Crippen LogP contribution is 2.22. The molecule has 0 saturated carbocycles. The van der Waals surface area contributed by atoms with Crippen molar-refractivity contribution in [1.82, 2.24) is 19.6 Å². The average molecular weight is 288 g/mol. The van der Waals surface area contributed by atoms with Crippen LogP contribution in [0, 0.1) is 6.92 Å². The van der Waals surface area contributed by atoms with Crippen LogP contribution in [0.3, 0.4) is 0 Å². The van der Waals surface area contributed by atoms with Gasteiger partial charge < -0.3 is 0 Å². The molecule has 0 aliphatic carbocycles. The fourth-order valence-corrected chi connectivity index (χ4v) is 2.67. The molecule has 0 N–H and O–H groups in total. The van der Waals surface area contributed by atoms with E-state index in [1.54, 1.807) is 0 Å². The summed E-state index contributed by atoms with van der Waals surface area (Å²) < 4.78 is 1.87. The molecule has 0 bridgehead atoms. The number of nitrogens with zero attached hydrogens (tertiary/aromatic N) is 4. The van der Waals surface area contributed by atoms with Crippen molar-refractivity contribution in [3.8, 4) is 11.4 Å². The average Bonchev–Trinajstić information content (AvgIpc) is 3.00. The molecule has 108 valence electrons. The third-order valence-corrected chi connectivity index (χ3v) is 3.87. The summed E-state index contributed by atoms with van der Waals surface area (Å²) in [6, 6.07) is 16.4. The van der Waals surface area contributed by atoms with Crippen molar-refractivity contribution in [3.05, 3.63) is 59.9 Å². The molecule has 0 aliphatic heterocycles. The SMILES string of the molecule is CCc1nc2ccccc2c2nc(-c3ccc(C)cc3)nn12. The van der Waals surface area contributed by atoms with Gasteiger partial charge in [0.1, 0.15) is 5.82 Å². The van der Waals surface area contributed by atoms with Crippen LogP contribution in [0.15, 0.2) is 48.5 Å². The van der Waals surface area contributed by atoms with Gasteiger partial charge in [-0.15, -0.1) is 5.10 Å². The Labute approximate surface area is 128 Å². The van der Waals surface area contributed by atoms with Crippen LogP contribution in [-0.4, -0.2) is 19.6 Å². The molecule has 2 heterocycles. The quantitative estimate of drug-likeness (QED) is 0.563. The first-order valence-electron chi connectivity index (χ1n) is 7.47. The van der Waals surface area contributed by atoms with Gasteiger partial charge in [-0.2, -0.15) is 4.52 Å². The molecule has 0 atom stereocenters. The Bertz CT molecular complexity index is 968. The monoisotopic (exact) mass is 288 g/mol. The van der Waals surface area contributed by atoms with Crippen molar-refractivity contribution in [2.45, 2.75) is 20.3 Å². The van der Waals surface area contributed by atoms with Crippen LogP contribution < -0.4 is 0 Å². The van der Waals surface area contributed by atoms with Crippen molar-refractivity contribution in [1.29, 1.82) is 0 Å². The number of para-hydroxylation sites is 1. The van der Waals surface area contributed by atoms with Crippen molar-refractivity contribution in [2.24, 2.45) is 0 Å². The Morgan fingerprint density at radius 1 is 0.955 bits per heavy atom. The van der Waals surface area contributed by atoms with Gasteiger partial charge in [0, 0.05) is 17.4 Å². The van der Waals surface area contributed by atoms with E-state index in [0.29, 0.717) is 0 Å². The molecule has 0 spiro atoms. The smallest absolute Gasteiger partial charge is 0.182 e. The molecular weight excluding hydrogens is 272 g/mol. The molecule has 0 amide bonds. The number of rotatable bonds is 2. The molecule has 0 unspecified atom stereocenters. The first-order valence-corrected chi connectivity index (χ1v) is 7.47. The lowest BCUT2D eigenvalue weighted by atomic mass is 10.1. The summed E-state index contributed by atoms with van der Waals surface area (Å²) in [5.74, 6) is 1.67. The van der Waals surface area contributed by atoms with Crippen LogP contribution in [-0.2, 0) is 6.42 Å². The second-order valence-corrected chi connectivity index (χ2v) is 5.44. The molecule has 0 aliphatic rings. The summed E-state index contributed by atoms with van der Waals surface area (Å²) in [6.07, 6.45) is 0.817. The van der Waals surface area contributed by atoms with Crippen molar-refractivity contribution < 1.29 is 0 Å². The normalized spacial score (nSPS) is 11.4. The Kier molecular flexibility index (Phi) is 2.89. The van der Waals surface area contributed by atoms with E-state index in [-0.39, 0.29) is 0 Å². The Morgan fingerprint density at radius 3 is 2.50 bits per heavy atom. The van der Waals surface area contributed by atoms with E-state index in [9.17, 15) is 0 Å². The van der Waals surface area contributed by atoms with Crippen LogP contribution >= 0.6 is 0 Å².